The van der Waals surface area contributed by atoms with Gasteiger partial charge in [-0.15, -0.1) is 0 Å². The summed E-state index contributed by atoms with van der Waals surface area (Å²) in [6.07, 6.45) is 2.95. The summed E-state index contributed by atoms with van der Waals surface area (Å²) in [5.74, 6) is 1.84. The minimum atomic E-state index is 0.494. The molecule has 0 amide bonds. The van der Waals surface area contributed by atoms with Crippen LogP contribution in [0.5, 0.6) is 0 Å². The van der Waals surface area contributed by atoms with Gasteiger partial charge in [0.25, 0.3) is 0 Å². The highest BCUT2D eigenvalue weighted by Gasteiger charge is 2.17. The number of hydrogen-bond donors (Lipinski definition) is 1. The van der Waals surface area contributed by atoms with Gasteiger partial charge in [0.2, 0.25) is 0 Å². The third kappa shape index (κ3) is 2.06. The standard InChI is InChI=1S/C12H20N2/c1-5-8(2)10(4)11-9(3)6-7-14-12(11)13/h6-8,10H,5H2,1-4H3,(H2,13,14). The predicted octanol–water partition coefficient (Wildman–Crippen LogP) is 3.12. The van der Waals surface area contributed by atoms with Gasteiger partial charge in [-0.3, -0.25) is 0 Å². The van der Waals surface area contributed by atoms with Crippen LogP contribution in [-0.4, -0.2) is 4.98 Å². The fraction of sp³-hybridized carbons (Fsp3) is 0.583. The summed E-state index contributed by atoms with van der Waals surface area (Å²) in [5, 5.41) is 0. The monoisotopic (exact) mass is 192 g/mol. The Morgan fingerprint density at radius 1 is 1.43 bits per heavy atom. The second-order valence-corrected chi connectivity index (χ2v) is 4.10. The second-order valence-electron chi connectivity index (χ2n) is 4.10. The largest absolute Gasteiger partial charge is 0.383 e. The van der Waals surface area contributed by atoms with Crippen LogP contribution in [-0.2, 0) is 0 Å². The molecule has 1 heterocycles. The van der Waals surface area contributed by atoms with Gasteiger partial charge in [-0.1, -0.05) is 27.2 Å². The molecule has 0 fully saturated rings. The van der Waals surface area contributed by atoms with E-state index in [1.54, 1.807) is 6.20 Å². The molecule has 78 valence electrons. The molecular formula is C12H20N2. The summed E-state index contributed by atoms with van der Waals surface area (Å²) in [7, 11) is 0. The summed E-state index contributed by atoms with van der Waals surface area (Å²) in [4.78, 5) is 4.16. The van der Waals surface area contributed by atoms with E-state index in [1.807, 2.05) is 6.07 Å². The zero-order chi connectivity index (χ0) is 10.7. The van der Waals surface area contributed by atoms with Crippen molar-refractivity contribution < 1.29 is 0 Å². The summed E-state index contributed by atoms with van der Waals surface area (Å²) >= 11 is 0. The Morgan fingerprint density at radius 3 is 2.57 bits per heavy atom. The fourth-order valence-electron chi connectivity index (χ4n) is 1.82. The number of nitrogens with two attached hydrogens (primary N) is 1. The van der Waals surface area contributed by atoms with Crippen molar-refractivity contribution in [3.05, 3.63) is 23.4 Å². The van der Waals surface area contributed by atoms with E-state index in [-0.39, 0.29) is 0 Å². The predicted molar refractivity (Wildman–Crippen MR) is 61.3 cm³/mol. The first kappa shape index (κ1) is 11.0. The second kappa shape index (κ2) is 4.45. The molecular weight excluding hydrogens is 172 g/mol. The van der Waals surface area contributed by atoms with Gasteiger partial charge in [0.1, 0.15) is 5.82 Å². The number of aromatic nitrogens is 1. The SMILES string of the molecule is CCC(C)C(C)c1c(C)ccnc1N. The first-order valence-corrected chi connectivity index (χ1v) is 5.28. The zero-order valence-corrected chi connectivity index (χ0v) is 9.54. The van der Waals surface area contributed by atoms with Crippen LogP contribution in [0.15, 0.2) is 12.3 Å². The summed E-state index contributed by atoms with van der Waals surface area (Å²) in [5.41, 5.74) is 8.38. The number of nitrogen functional groups attached to an aromatic ring is 1. The van der Waals surface area contributed by atoms with Crippen molar-refractivity contribution in [1.29, 1.82) is 0 Å². The van der Waals surface area contributed by atoms with Gasteiger partial charge in [-0.05, 0) is 30.4 Å². The van der Waals surface area contributed by atoms with Crippen LogP contribution in [0.2, 0.25) is 0 Å². The van der Waals surface area contributed by atoms with E-state index in [0.29, 0.717) is 17.7 Å². The molecule has 0 aliphatic heterocycles. The van der Waals surface area contributed by atoms with Crippen LogP contribution in [0.25, 0.3) is 0 Å². The molecule has 0 bridgehead atoms. The van der Waals surface area contributed by atoms with E-state index >= 15 is 0 Å². The Hall–Kier alpha value is -1.05. The van der Waals surface area contributed by atoms with E-state index < -0.39 is 0 Å². The normalized spacial score (nSPS) is 15.1. The number of aryl methyl sites for hydroxylation is 1. The minimum Gasteiger partial charge on any atom is -0.383 e. The van der Waals surface area contributed by atoms with Crippen molar-refractivity contribution in [1.82, 2.24) is 4.98 Å². The summed E-state index contributed by atoms with van der Waals surface area (Å²) < 4.78 is 0. The highest BCUT2D eigenvalue weighted by atomic mass is 14.8. The van der Waals surface area contributed by atoms with E-state index in [4.69, 9.17) is 5.73 Å². The number of pyridine rings is 1. The number of nitrogens with zero attached hydrogens (tertiary/aromatic N) is 1. The van der Waals surface area contributed by atoms with Gasteiger partial charge in [-0.2, -0.15) is 0 Å². The molecule has 0 aliphatic rings. The third-order valence-electron chi connectivity index (χ3n) is 3.19. The molecule has 0 saturated heterocycles. The number of hydrogen-bond acceptors (Lipinski definition) is 2. The summed E-state index contributed by atoms with van der Waals surface area (Å²) in [6.45, 7) is 8.81. The lowest BCUT2D eigenvalue weighted by molar-refractivity contribution is 0.472. The quantitative estimate of drug-likeness (QED) is 0.799. The molecule has 2 nitrogen and oxygen atoms in total. The van der Waals surface area contributed by atoms with Crippen molar-refractivity contribution in [2.75, 3.05) is 5.73 Å². The smallest absolute Gasteiger partial charge is 0.127 e. The number of rotatable bonds is 3. The van der Waals surface area contributed by atoms with Crippen LogP contribution in [0.4, 0.5) is 5.82 Å². The van der Waals surface area contributed by atoms with Crippen molar-refractivity contribution in [3.8, 4) is 0 Å². The van der Waals surface area contributed by atoms with Crippen LogP contribution in [0.1, 0.15) is 44.2 Å². The molecule has 0 aliphatic carbocycles. The molecule has 1 rings (SSSR count). The van der Waals surface area contributed by atoms with Crippen molar-refractivity contribution in [2.24, 2.45) is 5.92 Å². The van der Waals surface area contributed by atoms with Crippen molar-refractivity contribution in [3.63, 3.8) is 0 Å². The van der Waals surface area contributed by atoms with Gasteiger partial charge < -0.3 is 5.73 Å². The first-order valence-electron chi connectivity index (χ1n) is 5.28. The highest BCUT2D eigenvalue weighted by Crippen LogP contribution is 2.31. The number of anilines is 1. The van der Waals surface area contributed by atoms with Gasteiger partial charge in [-0.25, -0.2) is 4.98 Å². The first-order chi connectivity index (χ1) is 6.57. The molecule has 2 heteroatoms. The Bertz CT molecular complexity index is 287. The maximum Gasteiger partial charge on any atom is 0.127 e. The molecule has 2 atom stereocenters. The van der Waals surface area contributed by atoms with E-state index in [2.05, 4.69) is 32.7 Å². The lowest BCUT2D eigenvalue weighted by atomic mass is 9.85. The molecule has 14 heavy (non-hydrogen) atoms. The molecule has 1 aromatic rings. The van der Waals surface area contributed by atoms with Crippen molar-refractivity contribution in [2.45, 2.75) is 40.0 Å². The molecule has 0 radical (unpaired) electrons. The molecule has 2 N–H and O–H groups in total. The maximum atomic E-state index is 5.90. The molecule has 1 aromatic heterocycles. The van der Waals surface area contributed by atoms with E-state index in [0.717, 1.165) is 0 Å². The van der Waals surface area contributed by atoms with Crippen molar-refractivity contribution >= 4 is 5.82 Å². The zero-order valence-electron chi connectivity index (χ0n) is 9.54. The fourth-order valence-corrected chi connectivity index (χ4v) is 1.82. The van der Waals surface area contributed by atoms with Crippen LogP contribution >= 0.6 is 0 Å². The van der Waals surface area contributed by atoms with Gasteiger partial charge in [0.15, 0.2) is 0 Å². The third-order valence-corrected chi connectivity index (χ3v) is 3.19. The van der Waals surface area contributed by atoms with Crippen LogP contribution in [0.3, 0.4) is 0 Å². The average Bonchev–Trinajstić information content (AvgIpc) is 2.16. The van der Waals surface area contributed by atoms with E-state index in [9.17, 15) is 0 Å². The molecule has 2 unspecified atom stereocenters. The molecule has 0 spiro atoms. The average molecular weight is 192 g/mol. The Balaban J connectivity index is 3.05. The Kier molecular flexibility index (Phi) is 3.50. The van der Waals surface area contributed by atoms with Gasteiger partial charge in [0, 0.05) is 11.8 Å². The van der Waals surface area contributed by atoms with Gasteiger partial charge >= 0.3 is 0 Å². The van der Waals surface area contributed by atoms with Gasteiger partial charge in [0.05, 0.1) is 0 Å². The Labute approximate surface area is 86.5 Å². The lowest BCUT2D eigenvalue weighted by Crippen LogP contribution is -2.10. The van der Waals surface area contributed by atoms with Crippen LogP contribution < -0.4 is 5.73 Å². The lowest BCUT2D eigenvalue weighted by Gasteiger charge is -2.21. The topological polar surface area (TPSA) is 38.9 Å². The maximum absolute atomic E-state index is 5.90. The molecule has 0 saturated carbocycles. The van der Waals surface area contributed by atoms with E-state index in [1.165, 1.54) is 17.5 Å². The molecule has 0 aromatic carbocycles. The Morgan fingerprint density at radius 2 is 2.07 bits per heavy atom. The summed E-state index contributed by atoms with van der Waals surface area (Å²) in [6, 6.07) is 2.03. The minimum absolute atomic E-state index is 0.494. The van der Waals surface area contributed by atoms with Crippen LogP contribution in [0, 0.1) is 12.8 Å². The highest BCUT2D eigenvalue weighted by molar-refractivity contribution is 5.46.